The van der Waals surface area contributed by atoms with Gasteiger partial charge in [0.15, 0.2) is 0 Å². The van der Waals surface area contributed by atoms with Gasteiger partial charge in [-0.3, -0.25) is 9.59 Å². The molecule has 5 nitrogen and oxygen atoms in total. The number of carbonyl (C=O) groups is 3. The van der Waals surface area contributed by atoms with Gasteiger partial charge in [0.1, 0.15) is 11.8 Å². The van der Waals surface area contributed by atoms with E-state index in [1.807, 2.05) is 0 Å². The van der Waals surface area contributed by atoms with Crippen LogP contribution in [-0.2, 0) is 19.1 Å². The fourth-order valence-corrected chi connectivity index (χ4v) is 3.12. The molecule has 1 N–H and O–H groups in total. The maximum Gasteiger partial charge on any atom is 0.329 e. The Kier molecular flexibility index (Phi) is 6.18. The van der Waals surface area contributed by atoms with Crippen molar-refractivity contribution in [3.63, 3.8) is 0 Å². The van der Waals surface area contributed by atoms with Gasteiger partial charge in [-0.15, -0.1) is 0 Å². The molecule has 0 radical (unpaired) electrons. The van der Waals surface area contributed by atoms with Gasteiger partial charge in [-0.25, -0.2) is 4.79 Å². The predicted octanol–water partition coefficient (Wildman–Crippen LogP) is 0.909. The van der Waals surface area contributed by atoms with E-state index < -0.39 is 12.0 Å². The largest absolute Gasteiger partial charge is 0.467 e. The van der Waals surface area contributed by atoms with E-state index in [0.717, 1.165) is 12.8 Å². The summed E-state index contributed by atoms with van der Waals surface area (Å²) in [6, 6.07) is -0.602. The molecule has 0 bridgehead atoms. The number of Topliss-reactive ketones (excluding diaryl/α,β-unsaturated/α-hetero) is 1. The molecule has 1 aliphatic carbocycles. The number of hydrogen-bond acceptors (Lipinski definition) is 5. The summed E-state index contributed by atoms with van der Waals surface area (Å²) in [6.07, 6.45) is 2.97. The lowest BCUT2D eigenvalue weighted by atomic mass is 9.99. The summed E-state index contributed by atoms with van der Waals surface area (Å²) >= 11 is 1.63. The number of esters is 1. The third-order valence-corrected chi connectivity index (χ3v) is 4.32. The normalized spacial score (nSPS) is 18.2. The molecule has 1 amide bonds. The molecule has 102 valence electrons. The first-order valence-corrected chi connectivity index (χ1v) is 7.06. The zero-order valence-corrected chi connectivity index (χ0v) is 11.5. The average molecular weight is 273 g/mol. The van der Waals surface area contributed by atoms with Crippen LogP contribution >= 0.6 is 11.8 Å². The first kappa shape index (κ1) is 15.0. The van der Waals surface area contributed by atoms with Gasteiger partial charge in [0.25, 0.3) is 0 Å². The molecule has 1 saturated carbocycles. The Morgan fingerprint density at radius 1 is 1.44 bits per heavy atom. The molecule has 0 aliphatic heterocycles. The molecular formula is C12H19NO4S. The molecule has 0 aromatic rings. The van der Waals surface area contributed by atoms with Crippen LogP contribution in [0, 0.1) is 0 Å². The fourth-order valence-electron chi connectivity index (χ4n) is 1.87. The number of amides is 1. The minimum Gasteiger partial charge on any atom is -0.467 e. The highest BCUT2D eigenvalue weighted by molar-refractivity contribution is 8.00. The Morgan fingerprint density at radius 3 is 2.56 bits per heavy atom. The standard InChI is InChI=1S/C12H19NO4S/c1-8(14)13-11(12(16)17-2)7-18-10-5-3-9(15)4-6-10/h10-11H,3-7H2,1-2H3,(H,13,14)/t11-/m0/s1. The number of nitrogens with one attached hydrogen (secondary N) is 1. The molecule has 0 aromatic heterocycles. The van der Waals surface area contributed by atoms with Crippen LogP contribution in [0.3, 0.4) is 0 Å². The zero-order valence-electron chi connectivity index (χ0n) is 10.7. The molecule has 6 heteroatoms. The van der Waals surface area contributed by atoms with Crippen LogP contribution in [-0.4, -0.2) is 41.8 Å². The van der Waals surface area contributed by atoms with Gasteiger partial charge in [0.05, 0.1) is 7.11 Å². The summed E-state index contributed by atoms with van der Waals surface area (Å²) in [5.74, 6) is 0.137. The molecule has 1 rings (SSSR count). The van der Waals surface area contributed by atoms with Crippen molar-refractivity contribution in [2.45, 2.75) is 43.9 Å². The van der Waals surface area contributed by atoms with Gasteiger partial charge in [0.2, 0.25) is 5.91 Å². The molecule has 0 saturated heterocycles. The second-order valence-corrected chi connectivity index (χ2v) is 5.68. The Hall–Kier alpha value is -1.04. The van der Waals surface area contributed by atoms with E-state index in [4.69, 9.17) is 0 Å². The minimum absolute atomic E-state index is 0.246. The number of thioether (sulfide) groups is 1. The smallest absolute Gasteiger partial charge is 0.329 e. The summed E-state index contributed by atoms with van der Waals surface area (Å²) in [7, 11) is 1.31. The number of rotatable bonds is 5. The van der Waals surface area contributed by atoms with Crippen molar-refractivity contribution in [2.24, 2.45) is 0 Å². The molecule has 0 spiro atoms. The minimum atomic E-state index is -0.602. The van der Waals surface area contributed by atoms with E-state index in [0.29, 0.717) is 29.6 Å². The maximum atomic E-state index is 11.5. The topological polar surface area (TPSA) is 72.5 Å². The van der Waals surface area contributed by atoms with Crippen LogP contribution in [0.15, 0.2) is 0 Å². The lowest BCUT2D eigenvalue weighted by Crippen LogP contribution is -2.42. The second-order valence-electron chi connectivity index (χ2n) is 4.35. The summed E-state index contributed by atoms with van der Waals surface area (Å²) in [6.45, 7) is 1.37. The molecule has 0 aromatic carbocycles. The molecule has 1 aliphatic rings. The molecular weight excluding hydrogens is 254 g/mol. The second kappa shape index (κ2) is 7.41. The lowest BCUT2D eigenvalue weighted by Gasteiger charge is -2.22. The van der Waals surface area contributed by atoms with E-state index in [1.54, 1.807) is 11.8 Å². The van der Waals surface area contributed by atoms with Crippen molar-refractivity contribution in [3.05, 3.63) is 0 Å². The first-order chi connectivity index (χ1) is 8.52. The summed E-state index contributed by atoms with van der Waals surface area (Å²) in [5.41, 5.74) is 0. The molecule has 18 heavy (non-hydrogen) atoms. The van der Waals surface area contributed by atoms with Crippen LogP contribution in [0.5, 0.6) is 0 Å². The van der Waals surface area contributed by atoms with Gasteiger partial charge in [-0.05, 0) is 12.8 Å². The van der Waals surface area contributed by atoms with Gasteiger partial charge in [-0.1, -0.05) is 0 Å². The van der Waals surface area contributed by atoms with Crippen LogP contribution in [0.2, 0.25) is 0 Å². The Labute approximate surface area is 111 Å². The molecule has 0 heterocycles. The Morgan fingerprint density at radius 2 is 2.06 bits per heavy atom. The van der Waals surface area contributed by atoms with Crippen molar-refractivity contribution in [3.8, 4) is 0 Å². The third-order valence-electron chi connectivity index (χ3n) is 2.85. The quantitative estimate of drug-likeness (QED) is 0.754. The highest BCUT2D eigenvalue weighted by Crippen LogP contribution is 2.27. The molecule has 1 atom stereocenters. The van der Waals surface area contributed by atoms with Gasteiger partial charge >= 0.3 is 5.97 Å². The van der Waals surface area contributed by atoms with Gasteiger partial charge < -0.3 is 10.1 Å². The van der Waals surface area contributed by atoms with Crippen molar-refractivity contribution in [1.82, 2.24) is 5.32 Å². The Balaban J connectivity index is 2.39. The van der Waals surface area contributed by atoms with E-state index in [2.05, 4.69) is 10.1 Å². The van der Waals surface area contributed by atoms with Crippen molar-refractivity contribution < 1.29 is 19.1 Å². The zero-order chi connectivity index (χ0) is 13.5. The summed E-state index contributed by atoms with van der Waals surface area (Å²) in [5, 5.41) is 2.97. The van der Waals surface area contributed by atoms with Crippen molar-refractivity contribution in [1.29, 1.82) is 0 Å². The number of ether oxygens (including phenoxy) is 1. The highest BCUT2D eigenvalue weighted by Gasteiger charge is 2.24. The summed E-state index contributed by atoms with van der Waals surface area (Å²) in [4.78, 5) is 33.6. The number of ketones is 1. The van der Waals surface area contributed by atoms with Crippen LogP contribution in [0.4, 0.5) is 0 Å². The van der Waals surface area contributed by atoms with Crippen molar-refractivity contribution in [2.75, 3.05) is 12.9 Å². The molecule has 0 unspecified atom stereocenters. The maximum absolute atomic E-state index is 11.5. The molecule has 1 fully saturated rings. The van der Waals surface area contributed by atoms with E-state index in [1.165, 1.54) is 14.0 Å². The SMILES string of the molecule is COC(=O)[C@H](CSC1CCC(=O)CC1)NC(C)=O. The number of carbonyl (C=O) groups excluding carboxylic acids is 3. The number of hydrogen-bond donors (Lipinski definition) is 1. The van der Waals surface area contributed by atoms with E-state index in [9.17, 15) is 14.4 Å². The fraction of sp³-hybridized carbons (Fsp3) is 0.750. The average Bonchev–Trinajstić information content (AvgIpc) is 2.35. The highest BCUT2D eigenvalue weighted by atomic mass is 32.2. The van der Waals surface area contributed by atoms with E-state index in [-0.39, 0.29) is 5.91 Å². The summed E-state index contributed by atoms with van der Waals surface area (Å²) < 4.78 is 4.65. The van der Waals surface area contributed by atoms with Crippen LogP contribution < -0.4 is 5.32 Å². The van der Waals surface area contributed by atoms with Gasteiger partial charge in [-0.2, -0.15) is 11.8 Å². The monoisotopic (exact) mass is 273 g/mol. The van der Waals surface area contributed by atoms with Crippen LogP contribution in [0.25, 0.3) is 0 Å². The Bertz CT molecular complexity index is 322. The lowest BCUT2D eigenvalue weighted by molar-refractivity contribution is -0.144. The number of methoxy groups -OCH3 is 1. The first-order valence-electron chi connectivity index (χ1n) is 6.01. The van der Waals surface area contributed by atoms with Crippen LogP contribution in [0.1, 0.15) is 32.6 Å². The predicted molar refractivity (Wildman–Crippen MR) is 69.3 cm³/mol. The van der Waals surface area contributed by atoms with E-state index >= 15 is 0 Å². The third kappa shape index (κ3) is 5.08. The van der Waals surface area contributed by atoms with Crippen molar-refractivity contribution >= 4 is 29.4 Å². The van der Waals surface area contributed by atoms with Gasteiger partial charge in [0, 0.05) is 30.8 Å².